The molecule has 2 aliphatic heterocycles. The number of primary amides is 1. The molecule has 10 atom stereocenters. The summed E-state index contributed by atoms with van der Waals surface area (Å²) in [4.78, 5) is 46.8. The lowest BCUT2D eigenvalue weighted by molar-refractivity contribution is -0.0493. The van der Waals surface area contributed by atoms with Gasteiger partial charge in [0.1, 0.15) is 59.2 Å². The smallest absolute Gasteiger partial charge is 0.387 e. The Balaban J connectivity index is 1.15. The van der Waals surface area contributed by atoms with E-state index >= 15 is 0 Å². The number of fused-ring (bicyclic) bond motifs is 1. The molecule has 9 N–H and O–H groups in total. The number of halogens is 1. The van der Waals surface area contributed by atoms with Gasteiger partial charge in [0.2, 0.25) is 0 Å². The van der Waals surface area contributed by atoms with Crippen molar-refractivity contribution in [1.82, 2.24) is 24.5 Å². The molecule has 236 valence electrons. The number of phosphoric ester groups is 2. The van der Waals surface area contributed by atoms with E-state index in [0.29, 0.717) is 0 Å². The highest BCUT2D eigenvalue weighted by atomic mass is 32.1. The maximum atomic E-state index is 14.8. The Kier molecular flexibility index (Phi) is 8.95. The quantitative estimate of drug-likeness (QED) is 0.116. The van der Waals surface area contributed by atoms with Crippen LogP contribution in [0.1, 0.15) is 27.8 Å². The van der Waals surface area contributed by atoms with Crippen molar-refractivity contribution >= 4 is 49.9 Å². The van der Waals surface area contributed by atoms with Crippen molar-refractivity contribution in [3.05, 3.63) is 28.7 Å². The Labute approximate surface area is 243 Å². The van der Waals surface area contributed by atoms with Crippen LogP contribution in [0.3, 0.4) is 0 Å². The Bertz CT molecular complexity index is 1600. The van der Waals surface area contributed by atoms with Gasteiger partial charge in [0.25, 0.3) is 5.91 Å². The van der Waals surface area contributed by atoms with Gasteiger partial charge in [-0.3, -0.25) is 18.4 Å². The highest BCUT2D eigenvalue weighted by Gasteiger charge is 2.49. The molecule has 0 spiro atoms. The number of thiazole rings is 1. The molecule has 5 rings (SSSR count). The number of rotatable bonds is 11. The molecule has 0 radical (unpaired) electrons. The molecule has 10 unspecified atom stereocenters. The predicted molar refractivity (Wildman–Crippen MR) is 137 cm³/mol. The number of aliphatic hydroxyl groups is 3. The lowest BCUT2D eigenvalue weighted by Gasteiger charge is -2.20. The van der Waals surface area contributed by atoms with Crippen molar-refractivity contribution in [2.75, 3.05) is 18.9 Å². The zero-order valence-corrected chi connectivity index (χ0v) is 23.9. The fraction of sp³-hybridized carbons (Fsp3) is 0.526. The average molecular weight is 671 g/mol. The number of phosphoric acid groups is 2. The summed E-state index contributed by atoms with van der Waals surface area (Å²) in [5.74, 6) is -0.820. The summed E-state index contributed by atoms with van der Waals surface area (Å²) in [6.45, 7) is -1.94. The summed E-state index contributed by atoms with van der Waals surface area (Å²) < 4.78 is 65.0. The zero-order chi connectivity index (χ0) is 31.3. The first-order valence-electron chi connectivity index (χ1n) is 12.0. The number of alkyl halides is 1. The fourth-order valence-corrected chi connectivity index (χ4v) is 7.24. The Morgan fingerprint density at radius 3 is 2.37 bits per heavy atom. The number of amides is 1. The van der Waals surface area contributed by atoms with Crippen molar-refractivity contribution in [2.45, 2.75) is 49.0 Å². The molecule has 0 aromatic carbocycles. The molecular weight excluding hydrogens is 647 g/mol. The molecule has 1 amide bonds. The Morgan fingerprint density at radius 1 is 1.05 bits per heavy atom. The number of ether oxygens (including phenoxy) is 2. The molecule has 0 bridgehead atoms. The van der Waals surface area contributed by atoms with Crippen LogP contribution >= 0.6 is 27.0 Å². The minimum absolute atomic E-state index is 0.0187. The van der Waals surface area contributed by atoms with Crippen LogP contribution in [-0.4, -0.2) is 105 Å². The second-order valence-electron chi connectivity index (χ2n) is 9.20. The van der Waals surface area contributed by atoms with Crippen LogP contribution < -0.4 is 11.5 Å². The van der Waals surface area contributed by atoms with Gasteiger partial charge < -0.3 is 46.0 Å². The van der Waals surface area contributed by atoms with E-state index in [1.54, 1.807) is 0 Å². The van der Waals surface area contributed by atoms with Crippen LogP contribution in [0.25, 0.3) is 11.2 Å². The third-order valence-corrected chi connectivity index (χ3v) is 9.85. The normalized spacial score (nSPS) is 32.1. The molecule has 43 heavy (non-hydrogen) atoms. The number of nitrogen functional groups attached to an aromatic ring is 1. The number of hydrogen-bond donors (Lipinski definition) is 7. The number of carbonyl (C=O) groups is 1. The average Bonchev–Trinajstić information content (AvgIpc) is 3.70. The van der Waals surface area contributed by atoms with Gasteiger partial charge in [-0.05, 0) is 0 Å². The number of nitrogens with two attached hydrogens (primary N) is 2. The van der Waals surface area contributed by atoms with Gasteiger partial charge in [-0.15, -0.1) is 11.3 Å². The topological polar surface area (TPSA) is 307 Å². The number of imidazole rings is 1. The first kappa shape index (κ1) is 31.9. The third kappa shape index (κ3) is 6.61. The van der Waals surface area contributed by atoms with E-state index in [2.05, 4.69) is 33.3 Å². The third-order valence-electron chi connectivity index (χ3n) is 6.34. The molecule has 0 aliphatic carbocycles. The predicted octanol–water partition coefficient (Wildman–Crippen LogP) is -1.33. The van der Waals surface area contributed by atoms with Gasteiger partial charge in [-0.2, -0.15) is 4.31 Å². The second-order valence-corrected chi connectivity index (χ2v) is 13.1. The molecule has 5 heterocycles. The summed E-state index contributed by atoms with van der Waals surface area (Å²) in [5.41, 5.74) is 11.0. The number of nitrogens with zero attached hydrogens (tertiary/aromatic N) is 5. The standard InChI is InChI=1S/C19H24FN7O13P2S/c20-9-7(39-19(12(9)29)27-5-25-10-15(21)23-4-24-17(10)27)1-36-41(32,33)40-42(34,35)37-2-8-11(28)13(30)14(38-8)18-26-6(3-43-18)16(22)31/h3-5,7-9,11-14,19,28-30H,1-2H2,(H2,22,31)(H,32,33)(H,34,35)(H2,21,23,24). The van der Waals surface area contributed by atoms with Crippen molar-refractivity contribution in [2.24, 2.45) is 5.73 Å². The van der Waals surface area contributed by atoms with E-state index in [4.69, 9.17) is 20.9 Å². The SMILES string of the molecule is NC(=O)c1csc(C2OC(COP(=O)(O)OP(=O)(O)OCC3OC(n4cnc5c(N)ncnc54)C(O)C3F)C(O)C2O)n1. The van der Waals surface area contributed by atoms with Gasteiger partial charge in [-0.25, -0.2) is 33.5 Å². The maximum absolute atomic E-state index is 14.8. The van der Waals surface area contributed by atoms with Gasteiger partial charge >= 0.3 is 15.6 Å². The second kappa shape index (κ2) is 12.1. The zero-order valence-electron chi connectivity index (χ0n) is 21.3. The monoisotopic (exact) mass is 671 g/mol. The first-order valence-corrected chi connectivity index (χ1v) is 15.9. The molecule has 3 aromatic rings. The molecule has 20 nitrogen and oxygen atoms in total. The molecule has 24 heteroatoms. The molecule has 2 saturated heterocycles. The summed E-state index contributed by atoms with van der Waals surface area (Å²) >= 11 is 0.899. The van der Waals surface area contributed by atoms with Crippen LogP contribution in [-0.2, 0) is 32.0 Å². The molecule has 2 fully saturated rings. The lowest BCUT2D eigenvalue weighted by atomic mass is 10.1. The van der Waals surface area contributed by atoms with E-state index in [-0.39, 0.29) is 27.7 Å². The summed E-state index contributed by atoms with van der Waals surface area (Å²) in [6, 6.07) is 0. The fourth-order valence-electron chi connectivity index (χ4n) is 4.26. The van der Waals surface area contributed by atoms with Crippen LogP contribution in [0.5, 0.6) is 0 Å². The van der Waals surface area contributed by atoms with Crippen LogP contribution in [0, 0.1) is 0 Å². The van der Waals surface area contributed by atoms with Crippen molar-refractivity contribution in [1.29, 1.82) is 0 Å². The van der Waals surface area contributed by atoms with Gasteiger partial charge in [0.15, 0.2) is 23.9 Å². The maximum Gasteiger partial charge on any atom is 0.481 e. The van der Waals surface area contributed by atoms with Crippen LogP contribution in [0.4, 0.5) is 10.2 Å². The van der Waals surface area contributed by atoms with Crippen LogP contribution in [0.15, 0.2) is 18.0 Å². The van der Waals surface area contributed by atoms with Gasteiger partial charge in [-0.1, -0.05) is 0 Å². The van der Waals surface area contributed by atoms with Gasteiger partial charge in [0.05, 0.1) is 19.5 Å². The Hall–Kier alpha value is -2.56. The summed E-state index contributed by atoms with van der Waals surface area (Å²) in [5, 5.41) is 32.3. The number of aromatic nitrogens is 5. The van der Waals surface area contributed by atoms with Crippen LogP contribution in [0.2, 0.25) is 0 Å². The van der Waals surface area contributed by atoms with Crippen molar-refractivity contribution in [3.63, 3.8) is 0 Å². The highest BCUT2D eigenvalue weighted by molar-refractivity contribution is 7.61. The summed E-state index contributed by atoms with van der Waals surface area (Å²) in [6.07, 6.45) is -10.7. The van der Waals surface area contributed by atoms with E-state index in [0.717, 1.165) is 17.7 Å². The molecular formula is C19H24FN7O13P2S. The number of carbonyl (C=O) groups excluding carboxylic acids is 1. The molecule has 2 aliphatic rings. The number of aliphatic hydroxyl groups excluding tert-OH is 3. The molecule has 0 saturated carbocycles. The molecule has 3 aromatic heterocycles. The highest BCUT2D eigenvalue weighted by Crippen LogP contribution is 2.61. The minimum Gasteiger partial charge on any atom is -0.387 e. The largest absolute Gasteiger partial charge is 0.481 e. The first-order chi connectivity index (χ1) is 20.2. The number of anilines is 1. The van der Waals surface area contributed by atoms with Crippen molar-refractivity contribution < 1.29 is 66.3 Å². The van der Waals surface area contributed by atoms with E-state index in [1.807, 2.05) is 0 Å². The Morgan fingerprint density at radius 2 is 1.72 bits per heavy atom. The van der Waals surface area contributed by atoms with Gasteiger partial charge in [0, 0.05) is 5.38 Å². The lowest BCUT2D eigenvalue weighted by Crippen LogP contribution is -2.33. The number of hydrogen-bond acceptors (Lipinski definition) is 17. The summed E-state index contributed by atoms with van der Waals surface area (Å²) in [7, 11) is -10.8. The van der Waals surface area contributed by atoms with E-state index in [1.165, 1.54) is 16.3 Å². The van der Waals surface area contributed by atoms with E-state index in [9.17, 15) is 43.4 Å². The minimum atomic E-state index is -5.42. The van der Waals surface area contributed by atoms with E-state index < -0.39 is 83.8 Å². The van der Waals surface area contributed by atoms with Crippen molar-refractivity contribution in [3.8, 4) is 0 Å².